The van der Waals surface area contributed by atoms with Crippen LogP contribution in [0.3, 0.4) is 0 Å². The summed E-state index contributed by atoms with van der Waals surface area (Å²) >= 11 is 0. The van der Waals surface area contributed by atoms with E-state index in [1.54, 1.807) is 18.2 Å². The van der Waals surface area contributed by atoms with Gasteiger partial charge in [0, 0.05) is 31.8 Å². The molecule has 0 aliphatic carbocycles. The Bertz CT molecular complexity index is 922. The Morgan fingerprint density at radius 1 is 1.03 bits per heavy atom. The first kappa shape index (κ1) is 22.5. The normalized spacial score (nSPS) is 21.3. The summed E-state index contributed by atoms with van der Waals surface area (Å²) in [4.78, 5) is 28.0. The largest absolute Gasteiger partial charge is 0.376 e. The van der Waals surface area contributed by atoms with Gasteiger partial charge in [-0.3, -0.25) is 14.5 Å². The molecule has 0 unspecified atom stereocenters. The molecule has 2 N–H and O–H groups in total. The predicted molar refractivity (Wildman–Crippen MR) is 126 cm³/mol. The molecule has 2 aliphatic rings. The van der Waals surface area contributed by atoms with E-state index >= 15 is 0 Å². The monoisotopic (exact) mass is 435 g/mol. The Hall–Kier alpha value is -2.70. The summed E-state index contributed by atoms with van der Waals surface area (Å²) in [5.74, 6) is 0.321. The van der Waals surface area contributed by atoms with Crippen LogP contribution < -0.4 is 10.6 Å². The summed E-state index contributed by atoms with van der Waals surface area (Å²) in [5, 5.41) is 5.82. The van der Waals surface area contributed by atoms with Crippen molar-refractivity contribution >= 4 is 17.5 Å². The van der Waals surface area contributed by atoms with Crippen LogP contribution in [0, 0.1) is 5.92 Å². The van der Waals surface area contributed by atoms with E-state index in [2.05, 4.69) is 22.5 Å². The molecular formula is C26H33N3O3. The number of hydrogen-bond donors (Lipinski definition) is 2. The highest BCUT2D eigenvalue weighted by Gasteiger charge is 2.19. The van der Waals surface area contributed by atoms with Crippen LogP contribution >= 0.6 is 0 Å². The van der Waals surface area contributed by atoms with Crippen molar-refractivity contribution in [2.45, 2.75) is 45.3 Å². The van der Waals surface area contributed by atoms with Crippen LogP contribution in [-0.2, 0) is 11.3 Å². The van der Waals surface area contributed by atoms with Crippen molar-refractivity contribution < 1.29 is 14.3 Å². The van der Waals surface area contributed by atoms with Crippen LogP contribution in [0.15, 0.2) is 48.5 Å². The summed E-state index contributed by atoms with van der Waals surface area (Å²) in [6, 6.07) is 14.9. The quantitative estimate of drug-likeness (QED) is 0.688. The Kier molecular flexibility index (Phi) is 7.55. The van der Waals surface area contributed by atoms with Crippen molar-refractivity contribution in [3.05, 3.63) is 65.2 Å². The number of nitrogens with one attached hydrogen (secondary N) is 2. The van der Waals surface area contributed by atoms with Gasteiger partial charge in [-0.15, -0.1) is 0 Å². The van der Waals surface area contributed by atoms with E-state index in [1.165, 1.54) is 18.4 Å². The number of para-hydroxylation sites is 1. The van der Waals surface area contributed by atoms with Crippen LogP contribution in [0.5, 0.6) is 0 Å². The van der Waals surface area contributed by atoms with Crippen LogP contribution in [0.2, 0.25) is 0 Å². The minimum absolute atomic E-state index is 0.0763. The van der Waals surface area contributed by atoms with Crippen molar-refractivity contribution in [3.63, 3.8) is 0 Å². The Morgan fingerprint density at radius 3 is 2.59 bits per heavy atom. The van der Waals surface area contributed by atoms with Gasteiger partial charge in [-0.2, -0.15) is 0 Å². The van der Waals surface area contributed by atoms with Crippen LogP contribution in [0.1, 0.15) is 58.9 Å². The number of anilines is 1. The van der Waals surface area contributed by atoms with Crippen molar-refractivity contribution in [1.82, 2.24) is 10.2 Å². The fourth-order valence-electron chi connectivity index (χ4n) is 4.54. The maximum absolute atomic E-state index is 12.8. The van der Waals surface area contributed by atoms with E-state index in [-0.39, 0.29) is 17.9 Å². The zero-order valence-electron chi connectivity index (χ0n) is 18.8. The minimum Gasteiger partial charge on any atom is -0.376 e. The van der Waals surface area contributed by atoms with Gasteiger partial charge in [-0.05, 0) is 68.0 Å². The average molecular weight is 436 g/mol. The van der Waals surface area contributed by atoms with E-state index in [1.807, 2.05) is 30.3 Å². The van der Waals surface area contributed by atoms with Crippen molar-refractivity contribution in [2.24, 2.45) is 5.92 Å². The molecule has 6 nitrogen and oxygen atoms in total. The maximum Gasteiger partial charge on any atom is 0.255 e. The minimum atomic E-state index is -0.220. The van der Waals surface area contributed by atoms with Gasteiger partial charge in [-0.25, -0.2) is 0 Å². The lowest BCUT2D eigenvalue weighted by atomic mass is 9.99. The van der Waals surface area contributed by atoms with Gasteiger partial charge in [0.25, 0.3) is 11.8 Å². The average Bonchev–Trinajstić information content (AvgIpc) is 3.32. The van der Waals surface area contributed by atoms with Gasteiger partial charge >= 0.3 is 0 Å². The maximum atomic E-state index is 12.8. The van der Waals surface area contributed by atoms with Crippen molar-refractivity contribution in [3.8, 4) is 0 Å². The number of carbonyl (C=O) groups excluding carboxylic acids is 2. The van der Waals surface area contributed by atoms with Crippen LogP contribution in [0.4, 0.5) is 5.69 Å². The highest BCUT2D eigenvalue weighted by molar-refractivity contribution is 6.09. The molecule has 0 bridgehead atoms. The van der Waals surface area contributed by atoms with E-state index in [9.17, 15) is 9.59 Å². The summed E-state index contributed by atoms with van der Waals surface area (Å²) in [6.45, 7) is 6.73. The molecule has 2 aliphatic heterocycles. The molecule has 0 aromatic heterocycles. The zero-order chi connectivity index (χ0) is 22.3. The second kappa shape index (κ2) is 10.7. The van der Waals surface area contributed by atoms with Gasteiger partial charge in [0.15, 0.2) is 0 Å². The summed E-state index contributed by atoms with van der Waals surface area (Å²) in [6.07, 6.45) is 4.63. The summed E-state index contributed by atoms with van der Waals surface area (Å²) in [7, 11) is 0. The van der Waals surface area contributed by atoms with E-state index < -0.39 is 0 Å². The Labute approximate surface area is 190 Å². The third-order valence-electron chi connectivity index (χ3n) is 6.30. The van der Waals surface area contributed by atoms with Gasteiger partial charge in [-0.1, -0.05) is 31.2 Å². The number of nitrogens with zero attached hydrogens (tertiary/aromatic N) is 1. The number of benzene rings is 2. The van der Waals surface area contributed by atoms with E-state index in [4.69, 9.17) is 4.74 Å². The second-order valence-corrected chi connectivity index (χ2v) is 9.02. The summed E-state index contributed by atoms with van der Waals surface area (Å²) in [5.41, 5.74) is 2.75. The van der Waals surface area contributed by atoms with Crippen LogP contribution in [0.25, 0.3) is 0 Å². The molecule has 4 rings (SSSR count). The second-order valence-electron chi connectivity index (χ2n) is 9.02. The van der Waals surface area contributed by atoms with Gasteiger partial charge in [0.2, 0.25) is 0 Å². The zero-order valence-corrected chi connectivity index (χ0v) is 18.8. The third kappa shape index (κ3) is 5.96. The molecule has 2 amide bonds. The first-order chi connectivity index (χ1) is 15.6. The van der Waals surface area contributed by atoms with Gasteiger partial charge in [0.1, 0.15) is 0 Å². The molecule has 2 heterocycles. The first-order valence-electron chi connectivity index (χ1n) is 11.7. The number of rotatable bonds is 7. The summed E-state index contributed by atoms with van der Waals surface area (Å²) < 4.78 is 5.57. The molecule has 0 spiro atoms. The number of hydrogen-bond acceptors (Lipinski definition) is 4. The fourth-order valence-corrected chi connectivity index (χ4v) is 4.54. The first-order valence-corrected chi connectivity index (χ1v) is 11.7. The lowest BCUT2D eigenvalue weighted by molar-refractivity contribution is 0.0858. The predicted octanol–water partition coefficient (Wildman–Crippen LogP) is 4.08. The number of carbonyl (C=O) groups is 2. The molecule has 2 fully saturated rings. The SMILES string of the molecule is C[C@H]1CCCN(Cc2ccc(C(=O)Nc3ccccc3C(=O)NC[C@H]3CCCO3)cc2)C1. The topological polar surface area (TPSA) is 70.7 Å². The standard InChI is InChI=1S/C26H33N3O3/c1-19-6-4-14-29(17-19)18-20-10-12-21(13-11-20)25(30)28-24-9-3-2-8-23(24)26(31)27-16-22-7-5-15-32-22/h2-3,8-13,19,22H,4-7,14-18H2,1H3,(H,27,31)(H,28,30)/t19-,22+/m0/s1. The lowest BCUT2D eigenvalue weighted by Gasteiger charge is -2.30. The highest BCUT2D eigenvalue weighted by atomic mass is 16.5. The molecule has 170 valence electrons. The molecular weight excluding hydrogens is 402 g/mol. The molecule has 6 heteroatoms. The molecule has 2 aromatic carbocycles. The Balaban J connectivity index is 1.35. The smallest absolute Gasteiger partial charge is 0.255 e. The number of likely N-dealkylation sites (tertiary alicyclic amines) is 1. The van der Waals surface area contributed by atoms with Crippen molar-refractivity contribution in [1.29, 1.82) is 0 Å². The lowest BCUT2D eigenvalue weighted by Crippen LogP contribution is -2.33. The number of amides is 2. The van der Waals surface area contributed by atoms with E-state index in [0.717, 1.165) is 45.0 Å². The fraction of sp³-hybridized carbons (Fsp3) is 0.462. The molecule has 0 radical (unpaired) electrons. The number of ether oxygens (including phenoxy) is 1. The molecule has 2 atom stereocenters. The highest BCUT2D eigenvalue weighted by Crippen LogP contribution is 2.20. The number of piperidine rings is 1. The van der Waals surface area contributed by atoms with Crippen LogP contribution in [-0.4, -0.2) is 49.1 Å². The van der Waals surface area contributed by atoms with Gasteiger partial charge < -0.3 is 15.4 Å². The van der Waals surface area contributed by atoms with Gasteiger partial charge in [0.05, 0.1) is 17.4 Å². The molecule has 32 heavy (non-hydrogen) atoms. The molecule has 2 saturated heterocycles. The third-order valence-corrected chi connectivity index (χ3v) is 6.30. The Morgan fingerprint density at radius 2 is 1.84 bits per heavy atom. The molecule has 2 aromatic rings. The van der Waals surface area contributed by atoms with Crippen molar-refractivity contribution in [2.75, 3.05) is 31.6 Å². The van der Waals surface area contributed by atoms with E-state index in [0.29, 0.717) is 23.4 Å². The molecule has 0 saturated carbocycles.